The highest BCUT2D eigenvalue weighted by Crippen LogP contribution is 2.16. The molecule has 9 nitrogen and oxygen atoms in total. The second kappa shape index (κ2) is 5.61. The molecule has 3 N–H and O–H groups in total. The number of aryl methyl sites for hydroxylation is 1. The van der Waals surface area contributed by atoms with Crippen molar-refractivity contribution in [2.24, 2.45) is 7.05 Å². The van der Waals surface area contributed by atoms with Gasteiger partial charge >= 0.3 is 0 Å². The van der Waals surface area contributed by atoms with E-state index in [1.807, 2.05) is 25.4 Å². The maximum Gasteiger partial charge on any atom is 0.229 e. The van der Waals surface area contributed by atoms with Gasteiger partial charge in [0.1, 0.15) is 5.82 Å². The van der Waals surface area contributed by atoms with Gasteiger partial charge in [-0.15, -0.1) is 0 Å². The van der Waals surface area contributed by atoms with E-state index in [0.29, 0.717) is 18.3 Å². The number of hydrogen-bond acceptors (Lipinski definition) is 7. The number of nitrogens with two attached hydrogens (primary N) is 1. The normalized spacial score (nSPS) is 11.0. The summed E-state index contributed by atoms with van der Waals surface area (Å²) >= 11 is 0. The van der Waals surface area contributed by atoms with Crippen molar-refractivity contribution >= 4 is 28.5 Å². The monoisotopic (exact) mass is 321 g/mol. The van der Waals surface area contributed by atoms with Crippen LogP contribution in [0.3, 0.4) is 0 Å². The number of nitrogens with zero attached hydrogens (tertiary/aromatic N) is 7. The van der Waals surface area contributed by atoms with Crippen LogP contribution in [0.25, 0.3) is 11.0 Å². The minimum atomic E-state index is 0.484. The maximum atomic E-state index is 5.73. The molecule has 9 heteroatoms. The quantitative estimate of drug-likeness (QED) is 0.583. The zero-order valence-corrected chi connectivity index (χ0v) is 13.0. The van der Waals surface area contributed by atoms with Gasteiger partial charge in [0.15, 0.2) is 5.65 Å². The minimum absolute atomic E-state index is 0.484. The van der Waals surface area contributed by atoms with Crippen LogP contribution in [0.2, 0.25) is 0 Å². The first-order valence-corrected chi connectivity index (χ1v) is 7.33. The van der Waals surface area contributed by atoms with Crippen LogP contribution in [-0.2, 0) is 13.6 Å². The van der Waals surface area contributed by atoms with Crippen molar-refractivity contribution in [3.63, 3.8) is 0 Å². The number of nitrogens with one attached hydrogen (secondary N) is 1. The number of nitrogen functional groups attached to an aromatic ring is 1. The van der Waals surface area contributed by atoms with E-state index < -0.39 is 0 Å². The fourth-order valence-electron chi connectivity index (χ4n) is 2.40. The molecule has 0 aromatic carbocycles. The van der Waals surface area contributed by atoms with Gasteiger partial charge < -0.3 is 11.1 Å². The number of hydrogen-bond donors (Lipinski definition) is 2. The van der Waals surface area contributed by atoms with Crippen molar-refractivity contribution in [3.05, 3.63) is 48.7 Å². The van der Waals surface area contributed by atoms with E-state index in [4.69, 9.17) is 5.73 Å². The molecule has 0 atom stereocenters. The van der Waals surface area contributed by atoms with Gasteiger partial charge in [-0.2, -0.15) is 15.2 Å². The molecule has 0 radical (unpaired) electrons. The summed E-state index contributed by atoms with van der Waals surface area (Å²) in [5.74, 6) is 0.968. The lowest BCUT2D eigenvalue weighted by Gasteiger charge is -2.05. The first kappa shape index (κ1) is 14.1. The van der Waals surface area contributed by atoms with Gasteiger partial charge in [0.05, 0.1) is 35.7 Å². The Balaban J connectivity index is 1.65. The Morgan fingerprint density at radius 3 is 2.83 bits per heavy atom. The lowest BCUT2D eigenvalue weighted by molar-refractivity contribution is 0.690. The molecule has 24 heavy (non-hydrogen) atoms. The highest BCUT2D eigenvalue weighted by atomic mass is 15.3. The summed E-state index contributed by atoms with van der Waals surface area (Å²) in [5.41, 5.74) is 8.09. The molecule has 0 aliphatic carbocycles. The summed E-state index contributed by atoms with van der Waals surface area (Å²) in [6.07, 6.45) is 7.02. The van der Waals surface area contributed by atoms with Gasteiger partial charge in [0.25, 0.3) is 0 Å². The van der Waals surface area contributed by atoms with E-state index in [1.54, 1.807) is 34.0 Å². The van der Waals surface area contributed by atoms with Gasteiger partial charge in [-0.3, -0.25) is 4.68 Å². The van der Waals surface area contributed by atoms with Crippen molar-refractivity contribution < 1.29 is 0 Å². The van der Waals surface area contributed by atoms with Gasteiger partial charge in [0.2, 0.25) is 5.95 Å². The zero-order chi connectivity index (χ0) is 16.5. The summed E-state index contributed by atoms with van der Waals surface area (Å²) in [6.45, 7) is 0.484. The Labute approximate surface area is 137 Å². The van der Waals surface area contributed by atoms with Crippen LogP contribution in [0.5, 0.6) is 0 Å². The number of pyridine rings is 1. The highest BCUT2D eigenvalue weighted by molar-refractivity contribution is 5.75. The standard InChI is InChI=1S/C15H15N9/c1-23-8-12(7-18-23)21-15-17-5-10-6-19-24(14(10)22-15)9-11-3-2-4-13(16)20-11/h2-8H,9H2,1H3,(H2,16,20)(H,17,21,22). The summed E-state index contributed by atoms with van der Waals surface area (Å²) < 4.78 is 3.48. The topological polar surface area (TPSA) is 112 Å². The number of fused-ring (bicyclic) bond motifs is 1. The van der Waals surface area contributed by atoms with E-state index in [-0.39, 0.29) is 0 Å². The van der Waals surface area contributed by atoms with Crippen LogP contribution < -0.4 is 11.1 Å². The molecule has 0 fully saturated rings. The number of anilines is 3. The third-order valence-corrected chi connectivity index (χ3v) is 3.48. The molecular formula is C15H15N9. The predicted molar refractivity (Wildman–Crippen MR) is 89.6 cm³/mol. The molecule has 0 amide bonds. The summed E-state index contributed by atoms with van der Waals surface area (Å²) in [5, 5.41) is 12.5. The molecule has 0 bridgehead atoms. The Bertz CT molecular complexity index is 1000. The molecule has 0 aliphatic heterocycles. The van der Waals surface area contributed by atoms with Crippen molar-refractivity contribution in [1.29, 1.82) is 0 Å². The molecule has 4 aromatic heterocycles. The van der Waals surface area contributed by atoms with Crippen molar-refractivity contribution in [2.75, 3.05) is 11.1 Å². The second-order valence-electron chi connectivity index (χ2n) is 5.36. The Kier molecular flexibility index (Phi) is 3.30. The summed E-state index contributed by atoms with van der Waals surface area (Å²) in [6, 6.07) is 5.52. The van der Waals surface area contributed by atoms with Gasteiger partial charge in [-0.1, -0.05) is 6.07 Å². The lowest BCUT2D eigenvalue weighted by atomic mass is 10.3. The molecule has 4 rings (SSSR count). The van der Waals surface area contributed by atoms with Crippen molar-refractivity contribution in [3.8, 4) is 0 Å². The fraction of sp³-hybridized carbons (Fsp3) is 0.133. The maximum absolute atomic E-state index is 5.73. The molecule has 4 aromatic rings. The second-order valence-corrected chi connectivity index (χ2v) is 5.36. The Morgan fingerprint density at radius 2 is 2.04 bits per heavy atom. The average Bonchev–Trinajstić information content (AvgIpc) is 3.14. The molecule has 0 aliphatic rings. The van der Waals surface area contributed by atoms with E-state index in [2.05, 4.69) is 30.5 Å². The largest absolute Gasteiger partial charge is 0.384 e. The zero-order valence-electron chi connectivity index (χ0n) is 13.0. The van der Waals surface area contributed by atoms with E-state index in [1.165, 1.54) is 0 Å². The van der Waals surface area contributed by atoms with Crippen LogP contribution in [-0.4, -0.2) is 34.5 Å². The first-order valence-electron chi connectivity index (χ1n) is 7.33. The van der Waals surface area contributed by atoms with Gasteiger partial charge in [-0.05, 0) is 12.1 Å². The summed E-state index contributed by atoms with van der Waals surface area (Å²) in [4.78, 5) is 13.1. The Hall–Kier alpha value is -3.49. The van der Waals surface area contributed by atoms with E-state index in [0.717, 1.165) is 22.4 Å². The molecule has 0 saturated heterocycles. The van der Waals surface area contributed by atoms with Crippen LogP contribution in [0, 0.1) is 0 Å². The van der Waals surface area contributed by atoms with E-state index >= 15 is 0 Å². The Morgan fingerprint density at radius 1 is 1.12 bits per heavy atom. The molecular weight excluding hydrogens is 306 g/mol. The number of aromatic nitrogens is 7. The first-order chi connectivity index (χ1) is 11.7. The third kappa shape index (κ3) is 2.74. The molecule has 4 heterocycles. The van der Waals surface area contributed by atoms with E-state index in [9.17, 15) is 0 Å². The number of rotatable bonds is 4. The average molecular weight is 321 g/mol. The lowest BCUT2D eigenvalue weighted by Crippen LogP contribution is -2.06. The molecule has 0 saturated carbocycles. The molecule has 0 unspecified atom stereocenters. The summed E-state index contributed by atoms with van der Waals surface area (Å²) in [7, 11) is 1.85. The molecule has 0 spiro atoms. The van der Waals surface area contributed by atoms with Crippen LogP contribution >= 0.6 is 0 Å². The van der Waals surface area contributed by atoms with Crippen molar-refractivity contribution in [1.82, 2.24) is 34.5 Å². The van der Waals surface area contributed by atoms with Gasteiger partial charge in [0, 0.05) is 19.4 Å². The third-order valence-electron chi connectivity index (χ3n) is 3.48. The SMILES string of the molecule is Cn1cc(Nc2ncc3cnn(Cc4cccc(N)n4)c3n2)cn1. The fourth-order valence-corrected chi connectivity index (χ4v) is 2.40. The van der Waals surface area contributed by atoms with Crippen LogP contribution in [0.1, 0.15) is 5.69 Å². The van der Waals surface area contributed by atoms with Crippen LogP contribution in [0.15, 0.2) is 43.0 Å². The smallest absolute Gasteiger partial charge is 0.229 e. The molecule has 120 valence electrons. The van der Waals surface area contributed by atoms with Crippen molar-refractivity contribution in [2.45, 2.75) is 6.54 Å². The van der Waals surface area contributed by atoms with Gasteiger partial charge in [-0.25, -0.2) is 14.6 Å². The predicted octanol–water partition coefficient (Wildman–Crippen LogP) is 1.33. The highest BCUT2D eigenvalue weighted by Gasteiger charge is 2.09. The minimum Gasteiger partial charge on any atom is -0.384 e. The van der Waals surface area contributed by atoms with Crippen LogP contribution in [0.4, 0.5) is 17.5 Å².